The van der Waals surface area contributed by atoms with Crippen LogP contribution in [0.1, 0.15) is 10.4 Å². The van der Waals surface area contributed by atoms with Gasteiger partial charge in [-0.1, -0.05) is 27.5 Å². The summed E-state index contributed by atoms with van der Waals surface area (Å²) in [7, 11) is 0. The molecule has 0 fully saturated rings. The smallest absolute Gasteiger partial charge is 0.257 e. The average molecular weight is 363 g/mol. The maximum Gasteiger partial charge on any atom is 0.257 e. The summed E-state index contributed by atoms with van der Waals surface area (Å²) in [6.45, 7) is 0. The fourth-order valence-corrected chi connectivity index (χ4v) is 2.48. The second-order valence-corrected chi connectivity index (χ2v) is 5.66. The molecule has 3 aromatic rings. The van der Waals surface area contributed by atoms with E-state index in [4.69, 9.17) is 11.6 Å². The Labute approximate surface area is 134 Å². The Morgan fingerprint density at radius 1 is 1.05 bits per heavy atom. The number of nitrogens with zero attached hydrogens (tertiary/aromatic N) is 2. The van der Waals surface area contributed by atoms with Crippen LogP contribution < -0.4 is 5.32 Å². The standard InChI is InChI=1S/C15H9BrClN3O/c16-9-1-3-12(17)11(7-9)15(21)20-10-2-4-13-14(8-10)19-6-5-18-13/h1-8H,(H,20,21). The zero-order valence-corrected chi connectivity index (χ0v) is 13.0. The molecule has 1 N–H and O–H groups in total. The lowest BCUT2D eigenvalue weighted by atomic mass is 10.2. The number of amides is 1. The average Bonchev–Trinajstić information content (AvgIpc) is 2.49. The van der Waals surface area contributed by atoms with Gasteiger partial charge in [-0.3, -0.25) is 14.8 Å². The highest BCUT2D eigenvalue weighted by molar-refractivity contribution is 9.10. The van der Waals surface area contributed by atoms with Crippen LogP contribution in [0, 0.1) is 0 Å². The van der Waals surface area contributed by atoms with Crippen LogP contribution in [0.3, 0.4) is 0 Å². The van der Waals surface area contributed by atoms with Crippen molar-refractivity contribution in [3.63, 3.8) is 0 Å². The van der Waals surface area contributed by atoms with E-state index in [-0.39, 0.29) is 5.91 Å². The number of fused-ring (bicyclic) bond motifs is 1. The molecule has 0 atom stereocenters. The van der Waals surface area contributed by atoms with Crippen molar-refractivity contribution in [2.45, 2.75) is 0 Å². The predicted molar refractivity (Wildman–Crippen MR) is 86.6 cm³/mol. The molecule has 6 heteroatoms. The molecule has 1 amide bonds. The third-order valence-corrected chi connectivity index (χ3v) is 3.72. The Morgan fingerprint density at radius 3 is 2.62 bits per heavy atom. The van der Waals surface area contributed by atoms with E-state index in [9.17, 15) is 4.79 Å². The first-order chi connectivity index (χ1) is 10.1. The van der Waals surface area contributed by atoms with Crippen molar-refractivity contribution < 1.29 is 4.79 Å². The molecule has 0 aliphatic rings. The van der Waals surface area contributed by atoms with E-state index >= 15 is 0 Å². The first-order valence-electron chi connectivity index (χ1n) is 6.11. The maximum atomic E-state index is 12.3. The number of benzene rings is 2. The SMILES string of the molecule is O=C(Nc1ccc2nccnc2c1)c1cc(Br)ccc1Cl. The predicted octanol–water partition coefficient (Wildman–Crippen LogP) is 4.30. The lowest BCUT2D eigenvalue weighted by Gasteiger charge is -2.08. The number of nitrogens with one attached hydrogen (secondary N) is 1. The van der Waals surface area contributed by atoms with Crippen molar-refractivity contribution in [3.8, 4) is 0 Å². The molecule has 2 aromatic carbocycles. The van der Waals surface area contributed by atoms with Gasteiger partial charge < -0.3 is 5.32 Å². The summed E-state index contributed by atoms with van der Waals surface area (Å²) < 4.78 is 0.793. The van der Waals surface area contributed by atoms with Crippen molar-refractivity contribution in [3.05, 3.63) is 63.9 Å². The minimum atomic E-state index is -0.274. The van der Waals surface area contributed by atoms with E-state index in [0.29, 0.717) is 16.3 Å². The first-order valence-corrected chi connectivity index (χ1v) is 7.28. The number of hydrogen-bond acceptors (Lipinski definition) is 3. The molecule has 0 radical (unpaired) electrons. The quantitative estimate of drug-likeness (QED) is 0.739. The molecule has 104 valence electrons. The van der Waals surface area contributed by atoms with Crippen molar-refractivity contribution in [2.75, 3.05) is 5.32 Å². The van der Waals surface area contributed by atoms with Gasteiger partial charge in [0, 0.05) is 22.6 Å². The number of halogens is 2. The largest absolute Gasteiger partial charge is 0.322 e. The summed E-state index contributed by atoms with van der Waals surface area (Å²) >= 11 is 9.37. The van der Waals surface area contributed by atoms with Gasteiger partial charge in [0.05, 0.1) is 21.6 Å². The third-order valence-electron chi connectivity index (χ3n) is 2.90. The maximum absolute atomic E-state index is 12.3. The van der Waals surface area contributed by atoms with Crippen molar-refractivity contribution in [2.24, 2.45) is 0 Å². The summed E-state index contributed by atoms with van der Waals surface area (Å²) in [6, 6.07) is 10.5. The zero-order valence-electron chi connectivity index (χ0n) is 10.7. The number of anilines is 1. The fourth-order valence-electron chi connectivity index (χ4n) is 1.91. The summed E-state index contributed by atoms with van der Waals surface area (Å²) in [5, 5.41) is 3.21. The molecular weight excluding hydrogens is 354 g/mol. The van der Waals surface area contributed by atoms with E-state index in [0.717, 1.165) is 15.5 Å². The number of carbonyl (C=O) groups is 1. The minimum absolute atomic E-state index is 0.274. The molecule has 1 aromatic heterocycles. The molecular formula is C15H9BrClN3O. The van der Waals surface area contributed by atoms with E-state index in [1.807, 2.05) is 0 Å². The lowest BCUT2D eigenvalue weighted by Crippen LogP contribution is -2.12. The molecule has 0 aliphatic heterocycles. The fraction of sp³-hybridized carbons (Fsp3) is 0. The number of carbonyl (C=O) groups excluding carboxylic acids is 1. The van der Waals surface area contributed by atoms with Crippen LogP contribution in [-0.2, 0) is 0 Å². The molecule has 0 spiro atoms. The Hall–Kier alpha value is -1.98. The highest BCUT2D eigenvalue weighted by Gasteiger charge is 2.11. The zero-order chi connectivity index (χ0) is 14.8. The van der Waals surface area contributed by atoms with Crippen LogP contribution in [0.5, 0.6) is 0 Å². The van der Waals surface area contributed by atoms with Gasteiger partial charge in [0.15, 0.2) is 0 Å². The van der Waals surface area contributed by atoms with Gasteiger partial charge in [-0.25, -0.2) is 0 Å². The van der Waals surface area contributed by atoms with E-state index < -0.39 is 0 Å². The second-order valence-electron chi connectivity index (χ2n) is 4.34. The Morgan fingerprint density at radius 2 is 1.81 bits per heavy atom. The van der Waals surface area contributed by atoms with Crippen molar-refractivity contribution in [1.29, 1.82) is 0 Å². The van der Waals surface area contributed by atoms with Gasteiger partial charge >= 0.3 is 0 Å². The molecule has 0 unspecified atom stereocenters. The second kappa shape index (κ2) is 5.79. The van der Waals surface area contributed by atoms with E-state index in [2.05, 4.69) is 31.2 Å². The third kappa shape index (κ3) is 3.04. The molecule has 1 heterocycles. The monoisotopic (exact) mass is 361 g/mol. The first kappa shape index (κ1) is 14.0. The van der Waals surface area contributed by atoms with Crippen LogP contribution in [-0.4, -0.2) is 15.9 Å². The summed E-state index contributed by atoms with van der Waals surface area (Å²) in [6.07, 6.45) is 3.24. The molecule has 4 nitrogen and oxygen atoms in total. The Balaban J connectivity index is 1.90. The molecule has 21 heavy (non-hydrogen) atoms. The molecule has 0 saturated carbocycles. The van der Waals surface area contributed by atoms with Gasteiger partial charge in [-0.15, -0.1) is 0 Å². The van der Waals surface area contributed by atoms with Crippen molar-refractivity contribution >= 4 is 50.2 Å². The number of hydrogen-bond donors (Lipinski definition) is 1. The van der Waals surface area contributed by atoms with Crippen LogP contribution >= 0.6 is 27.5 Å². The van der Waals surface area contributed by atoms with E-state index in [1.165, 1.54) is 0 Å². The normalized spacial score (nSPS) is 10.6. The van der Waals surface area contributed by atoms with Crippen LogP contribution in [0.4, 0.5) is 5.69 Å². The van der Waals surface area contributed by atoms with Gasteiger partial charge in [0.25, 0.3) is 5.91 Å². The van der Waals surface area contributed by atoms with Gasteiger partial charge in [-0.05, 0) is 36.4 Å². The van der Waals surface area contributed by atoms with Gasteiger partial charge in [-0.2, -0.15) is 0 Å². The number of aromatic nitrogens is 2. The molecule has 0 saturated heterocycles. The van der Waals surface area contributed by atoms with Gasteiger partial charge in [0.1, 0.15) is 0 Å². The minimum Gasteiger partial charge on any atom is -0.322 e. The van der Waals surface area contributed by atoms with Crippen molar-refractivity contribution in [1.82, 2.24) is 9.97 Å². The summed E-state index contributed by atoms with van der Waals surface area (Å²) in [4.78, 5) is 20.7. The summed E-state index contributed by atoms with van der Waals surface area (Å²) in [5.74, 6) is -0.274. The summed E-state index contributed by atoms with van der Waals surface area (Å²) in [5.41, 5.74) is 2.54. The van der Waals surface area contributed by atoms with Crippen LogP contribution in [0.2, 0.25) is 5.02 Å². The Bertz CT molecular complexity index is 838. The topological polar surface area (TPSA) is 54.9 Å². The van der Waals surface area contributed by atoms with E-state index in [1.54, 1.807) is 48.8 Å². The lowest BCUT2D eigenvalue weighted by molar-refractivity contribution is 0.102. The highest BCUT2D eigenvalue weighted by atomic mass is 79.9. The van der Waals surface area contributed by atoms with Gasteiger partial charge in [0.2, 0.25) is 0 Å². The van der Waals surface area contributed by atoms with Crippen LogP contribution in [0.15, 0.2) is 53.3 Å². The molecule has 0 bridgehead atoms. The molecule has 0 aliphatic carbocycles. The molecule has 3 rings (SSSR count). The highest BCUT2D eigenvalue weighted by Crippen LogP contribution is 2.23. The number of rotatable bonds is 2. The van der Waals surface area contributed by atoms with Crippen LogP contribution in [0.25, 0.3) is 11.0 Å². The Kier molecular flexibility index (Phi) is 3.86.